The highest BCUT2D eigenvalue weighted by Crippen LogP contribution is 2.30. The lowest BCUT2D eigenvalue weighted by atomic mass is 9.97. The number of rotatable bonds is 0. The van der Waals surface area contributed by atoms with E-state index in [1.807, 2.05) is 60.0 Å². The van der Waals surface area contributed by atoms with E-state index >= 15 is 0 Å². The summed E-state index contributed by atoms with van der Waals surface area (Å²) in [4.78, 5) is 27.1. The van der Waals surface area contributed by atoms with E-state index in [9.17, 15) is 9.59 Å². The molecule has 4 rings (SSSR count). The summed E-state index contributed by atoms with van der Waals surface area (Å²) < 4.78 is 1.99. The van der Waals surface area contributed by atoms with Crippen LogP contribution in [0.2, 0.25) is 0 Å². The van der Waals surface area contributed by atoms with E-state index in [1.165, 1.54) is 0 Å². The zero-order valence-electron chi connectivity index (χ0n) is 12.6. The Morgan fingerprint density at radius 2 is 1.73 bits per heavy atom. The quantitative estimate of drug-likeness (QED) is 0.598. The maximum absolute atomic E-state index is 12.8. The lowest BCUT2D eigenvalue weighted by Crippen LogP contribution is -2.28. The Bertz CT molecular complexity index is 1000. The lowest BCUT2D eigenvalue weighted by Gasteiger charge is -2.27. The minimum Gasteiger partial charge on any atom is -0.374 e. The second-order valence-electron chi connectivity index (χ2n) is 5.89. The highest BCUT2D eigenvalue weighted by Gasteiger charge is 2.23. The summed E-state index contributed by atoms with van der Waals surface area (Å²) in [6.45, 7) is 0.700. The first kappa shape index (κ1) is 13.1. The minimum atomic E-state index is 0.0259. The van der Waals surface area contributed by atoms with E-state index in [0.717, 1.165) is 16.7 Å². The molecule has 0 saturated heterocycles. The average molecular weight is 292 g/mol. The predicted octanol–water partition coefficient (Wildman–Crippen LogP) is 2.71. The molecule has 0 bridgehead atoms. The molecule has 22 heavy (non-hydrogen) atoms. The number of hydrogen-bond acceptors (Lipinski definition) is 3. The van der Waals surface area contributed by atoms with Gasteiger partial charge in [0.1, 0.15) is 0 Å². The first-order valence-corrected chi connectivity index (χ1v) is 7.38. The zero-order chi connectivity index (χ0) is 15.4. The van der Waals surface area contributed by atoms with E-state index in [1.54, 1.807) is 0 Å². The fraction of sp³-hybridized carbons (Fsp3) is 0.222. The first-order chi connectivity index (χ1) is 10.6. The maximum Gasteiger partial charge on any atom is 0.197 e. The van der Waals surface area contributed by atoms with Crippen LogP contribution in [0.15, 0.2) is 41.2 Å². The molecule has 2 heterocycles. The van der Waals surface area contributed by atoms with Crippen molar-refractivity contribution in [3.8, 4) is 0 Å². The number of aryl methyl sites for hydroxylation is 1. The molecule has 0 atom stereocenters. The van der Waals surface area contributed by atoms with Gasteiger partial charge in [0, 0.05) is 49.1 Å². The Hall–Kier alpha value is -2.62. The van der Waals surface area contributed by atoms with Crippen molar-refractivity contribution < 1.29 is 4.79 Å². The minimum absolute atomic E-state index is 0.0259. The molecule has 0 fully saturated rings. The van der Waals surface area contributed by atoms with Crippen LogP contribution < -0.4 is 10.3 Å². The van der Waals surface area contributed by atoms with Crippen molar-refractivity contribution in [2.45, 2.75) is 6.42 Å². The number of pyridine rings is 1. The number of hydrogen-bond donors (Lipinski definition) is 0. The number of nitrogens with zero attached hydrogens (tertiary/aromatic N) is 2. The largest absolute Gasteiger partial charge is 0.374 e. The molecule has 2 aromatic carbocycles. The fourth-order valence-electron chi connectivity index (χ4n) is 3.33. The Kier molecular flexibility index (Phi) is 2.64. The van der Waals surface area contributed by atoms with Crippen LogP contribution in [-0.2, 0) is 7.05 Å². The van der Waals surface area contributed by atoms with Crippen LogP contribution in [-0.4, -0.2) is 23.9 Å². The number of Topliss-reactive ketones (excluding diaryl/α,β-unsaturated/α-hetero) is 1. The molecule has 0 spiro atoms. The summed E-state index contributed by atoms with van der Waals surface area (Å²) in [5.74, 6) is 0.149. The van der Waals surface area contributed by atoms with Crippen molar-refractivity contribution in [3.63, 3.8) is 0 Å². The maximum atomic E-state index is 12.8. The van der Waals surface area contributed by atoms with Crippen molar-refractivity contribution in [2.24, 2.45) is 7.05 Å². The number of carbonyl (C=O) groups is 1. The Morgan fingerprint density at radius 3 is 2.55 bits per heavy atom. The van der Waals surface area contributed by atoms with Gasteiger partial charge in [-0.25, -0.2) is 0 Å². The van der Waals surface area contributed by atoms with Crippen LogP contribution in [0.1, 0.15) is 16.8 Å². The predicted molar refractivity (Wildman–Crippen MR) is 88.9 cm³/mol. The monoisotopic (exact) mass is 292 g/mol. The van der Waals surface area contributed by atoms with Gasteiger partial charge in [0.25, 0.3) is 0 Å². The van der Waals surface area contributed by atoms with Crippen LogP contribution in [0.25, 0.3) is 21.8 Å². The molecule has 0 aliphatic carbocycles. The summed E-state index contributed by atoms with van der Waals surface area (Å²) in [5, 5.41) is 1.38. The Morgan fingerprint density at radius 1 is 0.955 bits per heavy atom. The van der Waals surface area contributed by atoms with Gasteiger partial charge in [0.2, 0.25) is 0 Å². The molecule has 0 amide bonds. The van der Waals surface area contributed by atoms with Crippen LogP contribution in [0.4, 0.5) is 5.69 Å². The molecule has 0 radical (unpaired) electrons. The number of aromatic nitrogens is 1. The fourth-order valence-corrected chi connectivity index (χ4v) is 3.33. The van der Waals surface area contributed by atoms with Gasteiger partial charge in [0.05, 0.1) is 11.0 Å². The van der Waals surface area contributed by atoms with Gasteiger partial charge in [-0.15, -0.1) is 0 Å². The molecule has 1 aromatic heterocycles. The van der Waals surface area contributed by atoms with Crippen molar-refractivity contribution in [3.05, 3.63) is 52.2 Å². The van der Waals surface area contributed by atoms with E-state index in [4.69, 9.17) is 0 Å². The summed E-state index contributed by atoms with van der Waals surface area (Å²) >= 11 is 0. The Balaban J connectivity index is 2.22. The molecule has 110 valence electrons. The van der Waals surface area contributed by atoms with Crippen molar-refractivity contribution in [1.82, 2.24) is 4.57 Å². The second-order valence-corrected chi connectivity index (χ2v) is 5.89. The molecule has 4 heteroatoms. The SMILES string of the molecule is CN1CCC(=O)c2cc3c(cc21)c(=O)c1ccccc1n3C. The summed E-state index contributed by atoms with van der Waals surface area (Å²) in [6.07, 6.45) is 0.524. The van der Waals surface area contributed by atoms with Gasteiger partial charge >= 0.3 is 0 Å². The van der Waals surface area contributed by atoms with Crippen LogP contribution in [0, 0.1) is 0 Å². The topological polar surface area (TPSA) is 42.3 Å². The van der Waals surface area contributed by atoms with E-state index < -0.39 is 0 Å². The highest BCUT2D eigenvalue weighted by atomic mass is 16.1. The molecule has 0 N–H and O–H groups in total. The number of carbonyl (C=O) groups excluding carboxylic acids is 1. The first-order valence-electron chi connectivity index (χ1n) is 7.38. The standard InChI is InChI=1S/C18H16N2O2/c1-19-8-7-17(21)12-9-16-13(10-15(12)19)18(22)11-5-3-4-6-14(11)20(16)2/h3-6,9-10H,7-8H2,1-2H3. The molecule has 4 nitrogen and oxygen atoms in total. The van der Waals surface area contributed by atoms with Crippen LogP contribution in [0.5, 0.6) is 0 Å². The second kappa shape index (κ2) is 4.44. The molecule has 0 saturated carbocycles. The van der Waals surface area contributed by atoms with Crippen LogP contribution in [0.3, 0.4) is 0 Å². The van der Waals surface area contributed by atoms with Gasteiger partial charge in [-0.05, 0) is 24.3 Å². The van der Waals surface area contributed by atoms with Gasteiger partial charge in [-0.1, -0.05) is 12.1 Å². The molecule has 0 unspecified atom stereocenters. The molecule has 3 aromatic rings. The normalized spacial score (nSPS) is 14.6. The molecule has 1 aliphatic rings. The lowest BCUT2D eigenvalue weighted by molar-refractivity contribution is 0.0980. The third-order valence-electron chi connectivity index (χ3n) is 4.62. The van der Waals surface area contributed by atoms with E-state index in [-0.39, 0.29) is 11.2 Å². The summed E-state index contributed by atoms with van der Waals surface area (Å²) in [6, 6.07) is 11.3. The average Bonchev–Trinajstić information content (AvgIpc) is 2.55. The van der Waals surface area contributed by atoms with Gasteiger partial charge < -0.3 is 9.47 Å². The highest BCUT2D eigenvalue weighted by molar-refractivity contribution is 6.08. The number of para-hydroxylation sites is 1. The molecule has 1 aliphatic heterocycles. The number of ketones is 1. The van der Waals surface area contributed by atoms with Crippen LogP contribution >= 0.6 is 0 Å². The number of anilines is 1. The van der Waals surface area contributed by atoms with Gasteiger partial charge in [-0.2, -0.15) is 0 Å². The number of fused-ring (bicyclic) bond motifs is 3. The number of benzene rings is 2. The van der Waals surface area contributed by atoms with E-state index in [0.29, 0.717) is 29.3 Å². The smallest absolute Gasteiger partial charge is 0.197 e. The summed E-state index contributed by atoms with van der Waals surface area (Å²) in [7, 11) is 3.90. The molecular weight excluding hydrogens is 276 g/mol. The molecular formula is C18H16N2O2. The Labute approximate surface area is 127 Å². The third kappa shape index (κ3) is 1.64. The zero-order valence-corrected chi connectivity index (χ0v) is 12.6. The van der Waals surface area contributed by atoms with Crippen molar-refractivity contribution >= 4 is 33.3 Å². The van der Waals surface area contributed by atoms with Crippen molar-refractivity contribution in [2.75, 3.05) is 18.5 Å². The van der Waals surface area contributed by atoms with E-state index in [2.05, 4.69) is 0 Å². The third-order valence-corrected chi connectivity index (χ3v) is 4.62. The van der Waals surface area contributed by atoms with Gasteiger partial charge in [0.15, 0.2) is 11.2 Å². The van der Waals surface area contributed by atoms with Gasteiger partial charge in [-0.3, -0.25) is 9.59 Å². The van der Waals surface area contributed by atoms with Crippen molar-refractivity contribution in [1.29, 1.82) is 0 Å². The summed E-state index contributed by atoms with van der Waals surface area (Å²) in [5.41, 5.74) is 3.29.